The topological polar surface area (TPSA) is 63.2 Å². The lowest BCUT2D eigenvalue weighted by atomic mass is 9.60. The van der Waals surface area contributed by atoms with Crippen molar-refractivity contribution in [3.8, 4) is 0 Å². The Hall–Kier alpha value is -0.780. The maximum Gasteiger partial charge on any atom is 0.252 e. The molecule has 150 valence electrons. The summed E-state index contributed by atoms with van der Waals surface area (Å²) in [6.07, 6.45) is 5.99. The quantitative estimate of drug-likeness (QED) is 0.613. The number of sulfone groups is 1. The fraction of sp³-hybridized carbons (Fsp3) is 0.650. The van der Waals surface area contributed by atoms with E-state index >= 15 is 0 Å². The summed E-state index contributed by atoms with van der Waals surface area (Å²) in [5, 5.41) is 3.87. The molecule has 0 radical (unpaired) electrons. The molecule has 1 N–H and O–H groups in total. The van der Waals surface area contributed by atoms with Crippen LogP contribution in [0.4, 0.5) is 0 Å². The van der Waals surface area contributed by atoms with Crippen LogP contribution in [0.15, 0.2) is 18.2 Å². The number of carbonyl (C=O) groups is 1. The second-order valence-corrected chi connectivity index (χ2v) is 11.4. The Balaban J connectivity index is 1.59. The molecule has 4 nitrogen and oxygen atoms in total. The van der Waals surface area contributed by atoms with E-state index in [4.69, 9.17) is 23.2 Å². The first-order chi connectivity index (χ1) is 12.7. The Morgan fingerprint density at radius 1 is 1.22 bits per heavy atom. The highest BCUT2D eigenvalue weighted by molar-refractivity contribution is 7.91. The molecule has 2 aliphatic carbocycles. The van der Waals surface area contributed by atoms with Crippen LogP contribution >= 0.6 is 23.2 Å². The van der Waals surface area contributed by atoms with Gasteiger partial charge in [-0.25, -0.2) is 8.42 Å². The van der Waals surface area contributed by atoms with Gasteiger partial charge in [0.2, 0.25) is 0 Å². The summed E-state index contributed by atoms with van der Waals surface area (Å²) < 4.78 is 24.2. The predicted molar refractivity (Wildman–Crippen MR) is 110 cm³/mol. The van der Waals surface area contributed by atoms with Crippen molar-refractivity contribution >= 4 is 38.9 Å². The van der Waals surface area contributed by atoms with Crippen molar-refractivity contribution in [2.24, 2.45) is 17.3 Å². The Morgan fingerprint density at radius 3 is 2.52 bits per heavy atom. The number of hydrogen-bond donors (Lipinski definition) is 1. The molecule has 2 fully saturated rings. The van der Waals surface area contributed by atoms with Crippen LogP contribution in [0.2, 0.25) is 10.0 Å². The standard InChI is InChI=1S/C20H27Cl2NO3S/c1-2-7-27(25,26)12-15-10-20(11-15,9-14-3-4-14)13-23-19(24)17-6-5-16(21)8-18(17)22/h5-6,8,14-15H,2-4,7,9-13H2,1H3,(H,23,24)/t15-,20-. The predicted octanol–water partition coefficient (Wildman–Crippen LogP) is 4.74. The molecular formula is C20H27Cl2NO3S. The minimum Gasteiger partial charge on any atom is -0.351 e. The van der Waals surface area contributed by atoms with Gasteiger partial charge >= 0.3 is 0 Å². The molecule has 3 rings (SSSR count). The van der Waals surface area contributed by atoms with E-state index in [9.17, 15) is 13.2 Å². The van der Waals surface area contributed by atoms with Gasteiger partial charge in [-0.2, -0.15) is 0 Å². The first-order valence-electron chi connectivity index (χ1n) is 9.66. The molecular weight excluding hydrogens is 405 g/mol. The number of benzene rings is 1. The van der Waals surface area contributed by atoms with Gasteiger partial charge in [0, 0.05) is 17.3 Å². The van der Waals surface area contributed by atoms with E-state index in [2.05, 4.69) is 5.32 Å². The molecule has 0 atom stereocenters. The molecule has 27 heavy (non-hydrogen) atoms. The third-order valence-electron chi connectivity index (χ3n) is 5.67. The molecule has 1 amide bonds. The minimum absolute atomic E-state index is 0.0299. The monoisotopic (exact) mass is 431 g/mol. The Kier molecular flexibility index (Phi) is 6.44. The van der Waals surface area contributed by atoms with Gasteiger partial charge in [-0.15, -0.1) is 0 Å². The van der Waals surface area contributed by atoms with E-state index < -0.39 is 9.84 Å². The second-order valence-electron chi connectivity index (χ2n) is 8.34. The lowest BCUT2D eigenvalue weighted by Gasteiger charge is -2.48. The highest BCUT2D eigenvalue weighted by Gasteiger charge is 2.48. The summed E-state index contributed by atoms with van der Waals surface area (Å²) in [6.45, 7) is 2.47. The third-order valence-corrected chi connectivity index (χ3v) is 8.22. The van der Waals surface area contributed by atoms with Crippen LogP contribution in [0, 0.1) is 17.3 Å². The smallest absolute Gasteiger partial charge is 0.252 e. The van der Waals surface area contributed by atoms with Crippen LogP contribution in [-0.2, 0) is 9.84 Å². The minimum atomic E-state index is -2.96. The van der Waals surface area contributed by atoms with E-state index in [1.165, 1.54) is 12.8 Å². The average Bonchev–Trinajstić information content (AvgIpc) is 3.34. The van der Waals surface area contributed by atoms with Crippen molar-refractivity contribution in [3.05, 3.63) is 33.8 Å². The van der Waals surface area contributed by atoms with Crippen molar-refractivity contribution in [1.82, 2.24) is 5.32 Å². The summed E-state index contributed by atoms with van der Waals surface area (Å²) in [5.74, 6) is 1.30. The van der Waals surface area contributed by atoms with Crippen LogP contribution in [-0.4, -0.2) is 32.4 Å². The highest BCUT2D eigenvalue weighted by atomic mass is 35.5. The number of hydrogen-bond acceptors (Lipinski definition) is 3. The molecule has 0 aliphatic heterocycles. The zero-order chi connectivity index (χ0) is 19.7. The fourth-order valence-corrected chi connectivity index (χ4v) is 6.63. The molecule has 1 aromatic rings. The van der Waals surface area contributed by atoms with Crippen LogP contribution < -0.4 is 5.32 Å². The Labute approximate surface area is 171 Å². The van der Waals surface area contributed by atoms with Gasteiger partial charge in [0.1, 0.15) is 0 Å². The highest BCUT2D eigenvalue weighted by Crippen LogP contribution is 2.53. The van der Waals surface area contributed by atoms with Gasteiger partial charge in [-0.1, -0.05) is 43.0 Å². The molecule has 1 aromatic carbocycles. The largest absolute Gasteiger partial charge is 0.351 e. The molecule has 0 spiro atoms. The first kappa shape index (κ1) is 20.9. The summed E-state index contributed by atoms with van der Waals surface area (Å²) in [5.41, 5.74) is 0.450. The first-order valence-corrected chi connectivity index (χ1v) is 12.2. The zero-order valence-corrected chi connectivity index (χ0v) is 18.0. The maximum absolute atomic E-state index is 12.5. The molecule has 0 aromatic heterocycles. The molecule has 0 bridgehead atoms. The van der Waals surface area contributed by atoms with Crippen molar-refractivity contribution in [2.45, 2.75) is 45.4 Å². The molecule has 0 unspecified atom stereocenters. The Bertz CT molecular complexity index is 799. The van der Waals surface area contributed by atoms with E-state index in [0.717, 1.165) is 25.2 Å². The Morgan fingerprint density at radius 2 is 1.93 bits per heavy atom. The van der Waals surface area contributed by atoms with Crippen molar-refractivity contribution in [3.63, 3.8) is 0 Å². The van der Waals surface area contributed by atoms with E-state index in [1.807, 2.05) is 6.92 Å². The summed E-state index contributed by atoms with van der Waals surface area (Å²) in [6, 6.07) is 4.85. The SMILES string of the molecule is CCCS(=O)(=O)C[C@H]1C[C@@](CNC(=O)c2ccc(Cl)cc2Cl)(CC2CC2)C1. The number of amides is 1. The van der Waals surface area contributed by atoms with E-state index in [1.54, 1.807) is 18.2 Å². The summed E-state index contributed by atoms with van der Waals surface area (Å²) in [4.78, 5) is 12.5. The number of carbonyl (C=O) groups excluding carboxylic acids is 1. The summed E-state index contributed by atoms with van der Waals surface area (Å²) in [7, 11) is -2.96. The lowest BCUT2D eigenvalue weighted by molar-refractivity contribution is 0.0475. The van der Waals surface area contributed by atoms with E-state index in [0.29, 0.717) is 28.6 Å². The van der Waals surface area contributed by atoms with Crippen LogP contribution in [0.5, 0.6) is 0 Å². The molecule has 7 heteroatoms. The van der Waals surface area contributed by atoms with Gasteiger partial charge in [0.15, 0.2) is 9.84 Å². The second kappa shape index (κ2) is 8.30. The normalized spacial score (nSPS) is 25.1. The van der Waals surface area contributed by atoms with Crippen molar-refractivity contribution in [1.29, 1.82) is 0 Å². The zero-order valence-electron chi connectivity index (χ0n) is 15.6. The van der Waals surface area contributed by atoms with E-state index in [-0.39, 0.29) is 28.7 Å². The van der Waals surface area contributed by atoms with Crippen LogP contribution in [0.3, 0.4) is 0 Å². The lowest BCUT2D eigenvalue weighted by Crippen LogP contribution is -2.48. The van der Waals surface area contributed by atoms with Gasteiger partial charge in [-0.05, 0) is 61.1 Å². The molecule has 0 saturated heterocycles. The van der Waals surface area contributed by atoms with Gasteiger partial charge in [0.25, 0.3) is 5.91 Å². The molecule has 2 aliphatic rings. The average molecular weight is 432 g/mol. The van der Waals surface area contributed by atoms with Gasteiger partial charge in [-0.3, -0.25) is 4.79 Å². The fourth-order valence-electron chi connectivity index (χ4n) is 4.39. The summed E-state index contributed by atoms with van der Waals surface area (Å²) >= 11 is 12.0. The third kappa shape index (κ3) is 5.61. The molecule has 0 heterocycles. The van der Waals surface area contributed by atoms with Crippen LogP contribution in [0.1, 0.15) is 55.8 Å². The van der Waals surface area contributed by atoms with Gasteiger partial charge < -0.3 is 5.32 Å². The van der Waals surface area contributed by atoms with Gasteiger partial charge in [0.05, 0.1) is 16.3 Å². The number of halogens is 2. The van der Waals surface area contributed by atoms with Crippen LogP contribution in [0.25, 0.3) is 0 Å². The van der Waals surface area contributed by atoms with Crippen molar-refractivity contribution in [2.75, 3.05) is 18.1 Å². The maximum atomic E-state index is 12.5. The molecule has 2 saturated carbocycles. The number of nitrogens with one attached hydrogen (secondary N) is 1. The van der Waals surface area contributed by atoms with Crippen molar-refractivity contribution < 1.29 is 13.2 Å². The number of rotatable bonds is 9.